The Morgan fingerprint density at radius 3 is 2.71 bits per heavy atom. The van der Waals surface area contributed by atoms with Gasteiger partial charge in [-0.3, -0.25) is 9.78 Å². The fourth-order valence-electron chi connectivity index (χ4n) is 4.19. The van der Waals surface area contributed by atoms with E-state index < -0.39 is 6.10 Å². The molecule has 0 saturated carbocycles. The number of morpholine rings is 1. The quantitative estimate of drug-likeness (QED) is 0.320. The highest BCUT2D eigenvalue weighted by molar-refractivity contribution is 6.32. The van der Waals surface area contributed by atoms with Gasteiger partial charge in [0.05, 0.1) is 34.8 Å². The highest BCUT2D eigenvalue weighted by atomic mass is 35.5. The van der Waals surface area contributed by atoms with E-state index in [0.29, 0.717) is 78.3 Å². The molecule has 1 aliphatic rings. The summed E-state index contributed by atoms with van der Waals surface area (Å²) in [7, 11) is 0. The minimum atomic E-state index is -0.628. The molecular formula is C28H28ClN5O4. The zero-order valence-corrected chi connectivity index (χ0v) is 21.7. The van der Waals surface area contributed by atoms with Gasteiger partial charge in [-0.2, -0.15) is 0 Å². The lowest BCUT2D eigenvalue weighted by Gasteiger charge is -2.30. The first-order valence-corrected chi connectivity index (χ1v) is 12.9. The van der Waals surface area contributed by atoms with Crippen LogP contribution in [-0.2, 0) is 16.1 Å². The highest BCUT2D eigenvalue weighted by Crippen LogP contribution is 2.34. The number of hydrogen-bond acceptors (Lipinski definition) is 8. The summed E-state index contributed by atoms with van der Waals surface area (Å²) in [5.41, 5.74) is 2.21. The molecule has 1 fully saturated rings. The van der Waals surface area contributed by atoms with E-state index in [2.05, 4.69) is 20.3 Å². The summed E-state index contributed by atoms with van der Waals surface area (Å²) < 4.78 is 17.5. The number of carbonyl (C=O) groups excluding carboxylic acids is 1. The summed E-state index contributed by atoms with van der Waals surface area (Å²) in [5, 5.41) is 4.44. The van der Waals surface area contributed by atoms with Crippen molar-refractivity contribution >= 4 is 39.9 Å². The van der Waals surface area contributed by atoms with Crippen LogP contribution in [-0.4, -0.2) is 58.2 Å². The number of benzene rings is 2. The van der Waals surface area contributed by atoms with E-state index in [0.717, 1.165) is 5.69 Å². The van der Waals surface area contributed by atoms with Crippen LogP contribution in [0.5, 0.6) is 11.5 Å². The Hall–Kier alpha value is -3.95. The van der Waals surface area contributed by atoms with Gasteiger partial charge in [-0.05, 0) is 48.9 Å². The van der Waals surface area contributed by atoms with Gasteiger partial charge in [0.2, 0.25) is 0 Å². The standard InChI is InChI=1S/C28H28ClN5O4/c1-2-23(28(35)34-12-14-36-15-13-34)38-25-8-5-7-22-26(25)27(32-18-31-22)33-19-9-10-24(21(29)16-19)37-17-20-6-3-4-11-30-20/h3-11,16,18,23H,2,12-15,17H2,1H3,(H,31,32,33)/t23-/m1/s1. The number of hydrogen-bond donors (Lipinski definition) is 1. The average molecular weight is 534 g/mol. The van der Waals surface area contributed by atoms with Crippen molar-refractivity contribution in [2.24, 2.45) is 0 Å². The summed E-state index contributed by atoms with van der Waals surface area (Å²) in [6.45, 7) is 4.44. The molecule has 0 radical (unpaired) electrons. The smallest absolute Gasteiger partial charge is 0.263 e. The average Bonchev–Trinajstić information content (AvgIpc) is 2.96. The Morgan fingerprint density at radius 1 is 1.08 bits per heavy atom. The lowest BCUT2D eigenvalue weighted by Crippen LogP contribution is -2.47. The molecule has 1 N–H and O–H groups in total. The van der Waals surface area contributed by atoms with Crippen molar-refractivity contribution in [1.29, 1.82) is 0 Å². The van der Waals surface area contributed by atoms with Gasteiger partial charge in [-0.25, -0.2) is 9.97 Å². The highest BCUT2D eigenvalue weighted by Gasteiger charge is 2.27. The minimum absolute atomic E-state index is 0.0489. The van der Waals surface area contributed by atoms with Crippen LogP contribution in [0.3, 0.4) is 0 Å². The third kappa shape index (κ3) is 5.95. The van der Waals surface area contributed by atoms with Gasteiger partial charge in [0.25, 0.3) is 5.91 Å². The maximum atomic E-state index is 13.1. The van der Waals surface area contributed by atoms with Crippen molar-refractivity contribution in [3.8, 4) is 11.5 Å². The number of nitrogens with zero attached hydrogens (tertiary/aromatic N) is 4. The van der Waals surface area contributed by atoms with Crippen LogP contribution in [0.25, 0.3) is 10.9 Å². The monoisotopic (exact) mass is 533 g/mol. The lowest BCUT2D eigenvalue weighted by molar-refractivity contribution is -0.142. The van der Waals surface area contributed by atoms with Gasteiger partial charge in [-0.1, -0.05) is 30.7 Å². The van der Waals surface area contributed by atoms with E-state index >= 15 is 0 Å². The van der Waals surface area contributed by atoms with E-state index in [1.54, 1.807) is 23.2 Å². The molecule has 9 nitrogen and oxygen atoms in total. The zero-order chi connectivity index (χ0) is 26.3. The number of aromatic nitrogens is 3. The van der Waals surface area contributed by atoms with Gasteiger partial charge in [0.1, 0.15) is 30.3 Å². The molecule has 1 aliphatic heterocycles. The van der Waals surface area contributed by atoms with Gasteiger partial charge in [-0.15, -0.1) is 0 Å². The SMILES string of the molecule is CC[C@@H](Oc1cccc2ncnc(Nc3ccc(OCc4ccccn4)c(Cl)c3)c12)C(=O)N1CCOCC1. The molecular weight excluding hydrogens is 506 g/mol. The van der Waals surface area contributed by atoms with Crippen molar-refractivity contribution in [3.63, 3.8) is 0 Å². The molecule has 0 bridgehead atoms. The second-order valence-electron chi connectivity index (χ2n) is 8.70. The largest absolute Gasteiger partial charge is 0.486 e. The van der Waals surface area contributed by atoms with E-state index in [1.165, 1.54) is 6.33 Å². The van der Waals surface area contributed by atoms with Crippen LogP contribution in [0.1, 0.15) is 19.0 Å². The fourth-order valence-corrected chi connectivity index (χ4v) is 4.42. The second kappa shape index (κ2) is 12.1. The number of anilines is 2. The molecule has 3 heterocycles. The molecule has 0 unspecified atom stereocenters. The van der Waals surface area contributed by atoms with Crippen molar-refractivity contribution in [3.05, 3.63) is 77.8 Å². The summed E-state index contributed by atoms with van der Waals surface area (Å²) in [6.07, 6.45) is 3.10. The van der Waals surface area contributed by atoms with E-state index in [-0.39, 0.29) is 5.91 Å². The van der Waals surface area contributed by atoms with E-state index in [1.807, 2.05) is 49.4 Å². The molecule has 2 aromatic heterocycles. The van der Waals surface area contributed by atoms with Crippen molar-refractivity contribution in [2.45, 2.75) is 26.1 Å². The number of rotatable bonds is 9. The maximum absolute atomic E-state index is 13.1. The Kier molecular flexibility index (Phi) is 8.15. The molecule has 1 amide bonds. The summed E-state index contributed by atoms with van der Waals surface area (Å²) in [6, 6.07) is 16.6. The first-order valence-electron chi connectivity index (χ1n) is 12.5. The van der Waals surface area contributed by atoms with Gasteiger partial charge in [0, 0.05) is 25.0 Å². The Balaban J connectivity index is 1.36. The van der Waals surface area contributed by atoms with Gasteiger partial charge in [0.15, 0.2) is 6.10 Å². The number of carbonyl (C=O) groups is 1. The predicted octanol–water partition coefficient (Wildman–Crippen LogP) is 5.02. The molecule has 38 heavy (non-hydrogen) atoms. The Morgan fingerprint density at radius 2 is 1.95 bits per heavy atom. The first-order chi connectivity index (χ1) is 18.6. The predicted molar refractivity (Wildman–Crippen MR) is 145 cm³/mol. The summed E-state index contributed by atoms with van der Waals surface area (Å²) in [4.78, 5) is 28.0. The maximum Gasteiger partial charge on any atom is 0.263 e. The molecule has 4 aromatic rings. The van der Waals surface area contributed by atoms with E-state index in [9.17, 15) is 4.79 Å². The fraction of sp³-hybridized carbons (Fsp3) is 0.286. The molecule has 0 aliphatic carbocycles. The Labute approximate surface area is 225 Å². The van der Waals surface area contributed by atoms with Crippen LogP contribution in [0, 0.1) is 0 Å². The topological polar surface area (TPSA) is 98.7 Å². The Bertz CT molecular complexity index is 1390. The van der Waals surface area contributed by atoms with Crippen molar-refractivity contribution in [1.82, 2.24) is 19.9 Å². The molecule has 1 saturated heterocycles. The third-order valence-electron chi connectivity index (χ3n) is 6.16. The number of fused-ring (bicyclic) bond motifs is 1. The van der Waals surface area contributed by atoms with Gasteiger partial charge < -0.3 is 24.4 Å². The zero-order valence-electron chi connectivity index (χ0n) is 21.0. The number of amides is 1. The molecule has 1 atom stereocenters. The van der Waals surface area contributed by atoms with E-state index in [4.69, 9.17) is 25.8 Å². The van der Waals surface area contributed by atoms with Crippen molar-refractivity contribution in [2.75, 3.05) is 31.6 Å². The summed E-state index contributed by atoms with van der Waals surface area (Å²) >= 11 is 6.51. The normalized spacial score (nSPS) is 14.2. The molecule has 2 aromatic carbocycles. The lowest BCUT2D eigenvalue weighted by atomic mass is 10.2. The molecule has 196 valence electrons. The van der Waals surface area contributed by atoms with Crippen LogP contribution >= 0.6 is 11.6 Å². The number of halogens is 1. The van der Waals surface area contributed by atoms with Crippen LogP contribution in [0.15, 0.2) is 67.1 Å². The molecule has 0 spiro atoms. The number of pyridine rings is 1. The number of nitrogens with one attached hydrogen (secondary N) is 1. The number of ether oxygens (including phenoxy) is 3. The van der Waals surface area contributed by atoms with Crippen LogP contribution in [0.4, 0.5) is 11.5 Å². The first kappa shape index (κ1) is 25.7. The van der Waals surface area contributed by atoms with Crippen molar-refractivity contribution < 1.29 is 19.0 Å². The molecule has 10 heteroatoms. The summed E-state index contributed by atoms with van der Waals surface area (Å²) in [5.74, 6) is 1.57. The second-order valence-corrected chi connectivity index (χ2v) is 9.11. The minimum Gasteiger partial charge on any atom is -0.486 e. The van der Waals surface area contributed by atoms with Crippen LogP contribution < -0.4 is 14.8 Å². The third-order valence-corrected chi connectivity index (χ3v) is 6.45. The van der Waals surface area contributed by atoms with Crippen LogP contribution in [0.2, 0.25) is 5.02 Å². The molecule has 5 rings (SSSR count). The van der Waals surface area contributed by atoms with Gasteiger partial charge >= 0.3 is 0 Å².